The second kappa shape index (κ2) is 4.87. The van der Waals surface area contributed by atoms with E-state index in [9.17, 15) is 0 Å². The van der Waals surface area contributed by atoms with E-state index in [0.717, 1.165) is 23.4 Å². The second-order valence-corrected chi connectivity index (χ2v) is 3.83. The number of nitrogens with zero attached hydrogens (tertiary/aromatic N) is 2. The van der Waals surface area contributed by atoms with Crippen LogP contribution in [0.1, 0.15) is 12.7 Å². The lowest BCUT2D eigenvalue weighted by Gasteiger charge is -2.04. The second-order valence-electron chi connectivity index (χ2n) is 3.83. The molecule has 0 fully saturated rings. The van der Waals surface area contributed by atoms with Gasteiger partial charge in [-0.1, -0.05) is 6.07 Å². The molecule has 2 rings (SSSR count). The van der Waals surface area contributed by atoms with Gasteiger partial charge >= 0.3 is 7.12 Å². The first-order valence-corrected chi connectivity index (χ1v) is 5.51. The highest BCUT2D eigenvalue weighted by Crippen LogP contribution is 2.15. The molecule has 0 aliphatic heterocycles. The molecule has 0 amide bonds. The average molecular weight is 234 g/mol. The molecule has 0 unspecified atom stereocenters. The zero-order chi connectivity index (χ0) is 12.4. The van der Waals surface area contributed by atoms with Crippen LogP contribution in [0.4, 0.5) is 0 Å². The van der Waals surface area contributed by atoms with Crippen LogP contribution in [0.25, 0.3) is 11.0 Å². The van der Waals surface area contributed by atoms with E-state index >= 15 is 0 Å². The van der Waals surface area contributed by atoms with Gasteiger partial charge in [0.25, 0.3) is 0 Å². The number of aromatic nitrogens is 2. The van der Waals surface area contributed by atoms with Crippen molar-refractivity contribution in [3.8, 4) is 0 Å². The van der Waals surface area contributed by atoms with Crippen molar-refractivity contribution in [2.75, 3.05) is 7.11 Å². The lowest BCUT2D eigenvalue weighted by Crippen LogP contribution is -2.29. The number of hydrogen-bond acceptors (Lipinski definition) is 4. The van der Waals surface area contributed by atoms with Crippen LogP contribution in [0.15, 0.2) is 18.2 Å². The van der Waals surface area contributed by atoms with Gasteiger partial charge in [-0.15, -0.1) is 0 Å². The molecule has 0 bridgehead atoms. The molecule has 0 aliphatic carbocycles. The summed E-state index contributed by atoms with van der Waals surface area (Å²) >= 11 is 0. The summed E-state index contributed by atoms with van der Waals surface area (Å²) < 4.78 is 7.14. The SMILES string of the molecule is CCn1c(COC)nc2cc(B(O)O)ccc21. The maximum atomic E-state index is 9.12. The Morgan fingerprint density at radius 3 is 2.76 bits per heavy atom. The van der Waals surface area contributed by atoms with Gasteiger partial charge in [0.05, 0.1) is 11.0 Å². The van der Waals surface area contributed by atoms with Crippen LogP contribution < -0.4 is 5.46 Å². The molecule has 5 nitrogen and oxygen atoms in total. The van der Waals surface area contributed by atoms with E-state index in [-0.39, 0.29) is 0 Å². The fraction of sp³-hybridized carbons (Fsp3) is 0.364. The molecule has 1 aromatic carbocycles. The Morgan fingerprint density at radius 2 is 2.18 bits per heavy atom. The third-order valence-corrected chi connectivity index (χ3v) is 2.74. The van der Waals surface area contributed by atoms with E-state index < -0.39 is 7.12 Å². The van der Waals surface area contributed by atoms with Gasteiger partial charge in [0.1, 0.15) is 12.4 Å². The number of methoxy groups -OCH3 is 1. The van der Waals surface area contributed by atoms with E-state index in [2.05, 4.69) is 4.98 Å². The van der Waals surface area contributed by atoms with Crippen molar-refractivity contribution in [1.29, 1.82) is 0 Å². The Kier molecular flexibility index (Phi) is 3.47. The average Bonchev–Trinajstić information content (AvgIpc) is 2.65. The minimum atomic E-state index is -1.46. The molecule has 0 atom stereocenters. The van der Waals surface area contributed by atoms with Gasteiger partial charge in [-0.05, 0) is 24.5 Å². The third kappa shape index (κ3) is 2.19. The van der Waals surface area contributed by atoms with Gasteiger partial charge < -0.3 is 19.4 Å². The summed E-state index contributed by atoms with van der Waals surface area (Å²) in [6.07, 6.45) is 0. The largest absolute Gasteiger partial charge is 0.488 e. The van der Waals surface area contributed by atoms with E-state index in [1.54, 1.807) is 19.2 Å². The molecule has 0 radical (unpaired) electrons. The monoisotopic (exact) mass is 234 g/mol. The maximum absolute atomic E-state index is 9.12. The standard InChI is InChI=1S/C11H15BN2O3/c1-3-14-10-5-4-8(12(15)16)6-9(10)13-11(14)7-17-2/h4-6,15-16H,3,7H2,1-2H3. The summed E-state index contributed by atoms with van der Waals surface area (Å²) in [5.74, 6) is 0.842. The molecule has 1 heterocycles. The van der Waals surface area contributed by atoms with Crippen LogP contribution in [0.5, 0.6) is 0 Å². The highest BCUT2D eigenvalue weighted by Gasteiger charge is 2.14. The Hall–Kier alpha value is -1.37. The molecule has 0 aliphatic rings. The first-order valence-electron chi connectivity index (χ1n) is 5.51. The van der Waals surface area contributed by atoms with E-state index in [1.165, 1.54) is 0 Å². The summed E-state index contributed by atoms with van der Waals surface area (Å²) in [5, 5.41) is 18.2. The fourth-order valence-corrected chi connectivity index (χ4v) is 1.95. The number of ether oxygens (including phenoxy) is 1. The number of imidazole rings is 1. The van der Waals surface area contributed by atoms with Crippen molar-refractivity contribution in [3.63, 3.8) is 0 Å². The van der Waals surface area contributed by atoms with Crippen LogP contribution in [0, 0.1) is 0 Å². The normalized spacial score (nSPS) is 11.1. The third-order valence-electron chi connectivity index (χ3n) is 2.74. The predicted octanol–water partition coefficient (Wildman–Crippen LogP) is -0.118. The Balaban J connectivity index is 2.56. The van der Waals surface area contributed by atoms with Gasteiger partial charge in [0, 0.05) is 13.7 Å². The van der Waals surface area contributed by atoms with Crippen molar-refractivity contribution < 1.29 is 14.8 Å². The molecule has 90 valence electrons. The first kappa shape index (κ1) is 12.1. The first-order chi connectivity index (χ1) is 8.17. The van der Waals surface area contributed by atoms with Crippen LogP contribution >= 0.6 is 0 Å². The molecular formula is C11H15BN2O3. The van der Waals surface area contributed by atoms with E-state index in [0.29, 0.717) is 12.1 Å². The topological polar surface area (TPSA) is 67.5 Å². The van der Waals surface area contributed by atoms with Gasteiger partial charge in [0.2, 0.25) is 0 Å². The maximum Gasteiger partial charge on any atom is 0.488 e. The van der Waals surface area contributed by atoms with Gasteiger partial charge in [0.15, 0.2) is 0 Å². The zero-order valence-corrected chi connectivity index (χ0v) is 9.92. The molecule has 0 saturated heterocycles. The summed E-state index contributed by atoms with van der Waals surface area (Å²) in [4.78, 5) is 4.43. The minimum Gasteiger partial charge on any atom is -0.423 e. The van der Waals surface area contributed by atoms with Crippen LogP contribution in [0.3, 0.4) is 0 Å². The highest BCUT2D eigenvalue weighted by atomic mass is 16.5. The molecule has 0 saturated carbocycles. The Bertz CT molecular complexity index is 525. The number of aryl methyl sites for hydroxylation is 1. The quantitative estimate of drug-likeness (QED) is 0.724. The number of rotatable bonds is 4. The predicted molar refractivity (Wildman–Crippen MR) is 65.9 cm³/mol. The Labute approximate surface area is 99.8 Å². The van der Waals surface area contributed by atoms with Gasteiger partial charge in [-0.2, -0.15) is 0 Å². The Morgan fingerprint density at radius 1 is 1.41 bits per heavy atom. The van der Waals surface area contributed by atoms with Crippen molar-refractivity contribution in [3.05, 3.63) is 24.0 Å². The van der Waals surface area contributed by atoms with Gasteiger partial charge in [-0.25, -0.2) is 4.98 Å². The molecule has 17 heavy (non-hydrogen) atoms. The number of fused-ring (bicyclic) bond motifs is 1. The van der Waals surface area contributed by atoms with Crippen LogP contribution in [-0.4, -0.2) is 33.8 Å². The smallest absolute Gasteiger partial charge is 0.423 e. The lowest BCUT2D eigenvalue weighted by atomic mass is 9.80. The number of hydrogen-bond donors (Lipinski definition) is 2. The molecule has 2 N–H and O–H groups in total. The van der Waals surface area contributed by atoms with Crippen molar-refractivity contribution in [1.82, 2.24) is 9.55 Å². The van der Waals surface area contributed by atoms with Crippen LogP contribution in [0.2, 0.25) is 0 Å². The molecule has 1 aromatic heterocycles. The number of benzene rings is 1. The van der Waals surface area contributed by atoms with E-state index in [4.69, 9.17) is 14.8 Å². The lowest BCUT2D eigenvalue weighted by molar-refractivity contribution is 0.175. The van der Waals surface area contributed by atoms with Crippen molar-refractivity contribution >= 4 is 23.6 Å². The minimum absolute atomic E-state index is 0.444. The summed E-state index contributed by atoms with van der Waals surface area (Å²) in [6, 6.07) is 5.22. The fourth-order valence-electron chi connectivity index (χ4n) is 1.95. The van der Waals surface area contributed by atoms with E-state index in [1.807, 2.05) is 17.6 Å². The molecular weight excluding hydrogens is 219 g/mol. The highest BCUT2D eigenvalue weighted by molar-refractivity contribution is 6.58. The molecule has 2 aromatic rings. The van der Waals surface area contributed by atoms with Crippen molar-refractivity contribution in [2.24, 2.45) is 0 Å². The summed E-state index contributed by atoms with van der Waals surface area (Å²) in [6.45, 7) is 3.28. The summed E-state index contributed by atoms with van der Waals surface area (Å²) in [5.41, 5.74) is 2.18. The zero-order valence-electron chi connectivity index (χ0n) is 9.92. The van der Waals surface area contributed by atoms with Crippen LogP contribution in [-0.2, 0) is 17.9 Å². The molecule has 6 heteroatoms. The summed E-state index contributed by atoms with van der Waals surface area (Å²) in [7, 11) is 0.166. The van der Waals surface area contributed by atoms with Gasteiger partial charge in [-0.3, -0.25) is 0 Å². The molecule has 0 spiro atoms. The van der Waals surface area contributed by atoms with Crippen molar-refractivity contribution in [2.45, 2.75) is 20.1 Å².